The lowest BCUT2D eigenvalue weighted by atomic mass is 10.0. The van der Waals surface area contributed by atoms with Gasteiger partial charge in [-0.1, -0.05) is 6.92 Å². The van der Waals surface area contributed by atoms with Crippen LogP contribution in [0.2, 0.25) is 0 Å². The van der Waals surface area contributed by atoms with Gasteiger partial charge in [-0.2, -0.15) is 0 Å². The third-order valence-corrected chi connectivity index (χ3v) is 3.38. The van der Waals surface area contributed by atoms with Gasteiger partial charge in [-0.05, 0) is 40.2 Å². The second-order valence-electron chi connectivity index (χ2n) is 5.26. The maximum atomic E-state index is 12.3. The van der Waals surface area contributed by atoms with Crippen LogP contribution < -0.4 is 5.32 Å². The molecule has 0 aromatic heterocycles. The van der Waals surface area contributed by atoms with E-state index < -0.39 is 5.54 Å². The first-order chi connectivity index (χ1) is 8.01. The van der Waals surface area contributed by atoms with Gasteiger partial charge in [-0.25, -0.2) is 0 Å². The largest absolute Gasteiger partial charge is 0.376 e. The van der Waals surface area contributed by atoms with E-state index in [4.69, 9.17) is 4.74 Å². The Hall–Kier alpha value is -0.610. The molecule has 1 aliphatic rings. The molecule has 0 radical (unpaired) electrons. The Labute approximate surface area is 105 Å². The average molecular weight is 242 g/mol. The maximum absolute atomic E-state index is 12.3. The van der Waals surface area contributed by atoms with Gasteiger partial charge in [-0.15, -0.1) is 0 Å². The Kier molecular flexibility index (Phi) is 5.40. The van der Waals surface area contributed by atoms with E-state index in [0.29, 0.717) is 0 Å². The smallest absolute Gasteiger partial charge is 0.242 e. The number of amides is 1. The number of ether oxygens (including phenoxy) is 1. The maximum Gasteiger partial charge on any atom is 0.242 e. The van der Waals surface area contributed by atoms with E-state index in [1.54, 1.807) is 0 Å². The fraction of sp³-hybridized carbons (Fsp3) is 0.923. The summed E-state index contributed by atoms with van der Waals surface area (Å²) >= 11 is 0. The number of nitrogens with zero attached hydrogens (tertiary/aromatic N) is 1. The van der Waals surface area contributed by atoms with Gasteiger partial charge in [0.15, 0.2) is 0 Å². The molecule has 0 aliphatic carbocycles. The third-order valence-electron chi connectivity index (χ3n) is 3.38. The molecular formula is C13H26N2O2. The van der Waals surface area contributed by atoms with Gasteiger partial charge in [0.2, 0.25) is 5.91 Å². The van der Waals surface area contributed by atoms with Gasteiger partial charge in [-0.3, -0.25) is 4.79 Å². The lowest BCUT2D eigenvalue weighted by Crippen LogP contribution is -2.56. The number of likely N-dealkylation sites (N-methyl/N-ethyl adjacent to an activating group) is 1. The first-order valence-corrected chi connectivity index (χ1v) is 6.61. The molecule has 1 aliphatic heterocycles. The zero-order chi connectivity index (χ0) is 12.9. The van der Waals surface area contributed by atoms with Crippen molar-refractivity contribution in [3.63, 3.8) is 0 Å². The van der Waals surface area contributed by atoms with E-state index in [9.17, 15) is 4.79 Å². The number of hydrogen-bond acceptors (Lipinski definition) is 3. The highest BCUT2D eigenvalue weighted by Gasteiger charge is 2.33. The summed E-state index contributed by atoms with van der Waals surface area (Å²) in [5.74, 6) is 0.171. The zero-order valence-corrected chi connectivity index (χ0v) is 11.6. The van der Waals surface area contributed by atoms with E-state index in [0.717, 1.165) is 39.0 Å². The molecule has 1 saturated heterocycles. The molecule has 0 saturated carbocycles. The van der Waals surface area contributed by atoms with Crippen LogP contribution in [0.1, 0.15) is 40.0 Å². The molecule has 0 aromatic carbocycles. The molecule has 4 nitrogen and oxygen atoms in total. The quantitative estimate of drug-likeness (QED) is 0.792. The molecule has 0 bridgehead atoms. The standard InChI is InChI=1S/C13H26N2O2/c1-5-9-17-11-7-6-8-15(10-11)12(16)13(2,3)14-4/h11,14H,5-10H2,1-4H3. The fourth-order valence-corrected chi connectivity index (χ4v) is 2.05. The Balaban J connectivity index is 2.51. The van der Waals surface area contributed by atoms with Gasteiger partial charge < -0.3 is 15.0 Å². The lowest BCUT2D eigenvalue weighted by Gasteiger charge is -2.37. The predicted octanol–water partition coefficient (Wildman–Crippen LogP) is 1.40. The summed E-state index contributed by atoms with van der Waals surface area (Å²) in [5.41, 5.74) is -0.480. The Morgan fingerprint density at radius 2 is 2.24 bits per heavy atom. The van der Waals surface area contributed by atoms with E-state index in [1.165, 1.54) is 0 Å². The van der Waals surface area contributed by atoms with E-state index in [1.807, 2.05) is 25.8 Å². The molecule has 100 valence electrons. The fourth-order valence-electron chi connectivity index (χ4n) is 2.05. The van der Waals surface area contributed by atoms with Crippen molar-refractivity contribution < 1.29 is 9.53 Å². The number of hydrogen-bond donors (Lipinski definition) is 1. The van der Waals surface area contributed by atoms with E-state index >= 15 is 0 Å². The van der Waals surface area contributed by atoms with Crippen molar-refractivity contribution in [1.29, 1.82) is 0 Å². The number of likely N-dealkylation sites (tertiary alicyclic amines) is 1. The minimum atomic E-state index is -0.480. The summed E-state index contributed by atoms with van der Waals surface area (Å²) in [4.78, 5) is 14.2. The van der Waals surface area contributed by atoms with Gasteiger partial charge in [0.1, 0.15) is 0 Å². The minimum absolute atomic E-state index is 0.171. The molecular weight excluding hydrogens is 216 g/mol. The molecule has 0 spiro atoms. The van der Waals surface area contributed by atoms with Crippen molar-refractivity contribution in [1.82, 2.24) is 10.2 Å². The van der Waals surface area contributed by atoms with Crippen LogP contribution in [0, 0.1) is 0 Å². The highest BCUT2D eigenvalue weighted by atomic mass is 16.5. The first kappa shape index (κ1) is 14.5. The number of nitrogens with one attached hydrogen (secondary N) is 1. The van der Waals surface area contributed by atoms with Gasteiger partial charge in [0, 0.05) is 19.7 Å². The molecule has 1 amide bonds. The molecule has 1 atom stereocenters. The summed E-state index contributed by atoms with van der Waals surface area (Å²) in [5, 5.41) is 3.06. The summed E-state index contributed by atoms with van der Waals surface area (Å²) < 4.78 is 5.74. The van der Waals surface area contributed by atoms with Crippen LogP contribution in [0.3, 0.4) is 0 Å². The first-order valence-electron chi connectivity index (χ1n) is 6.61. The predicted molar refractivity (Wildman–Crippen MR) is 69.0 cm³/mol. The molecule has 0 aromatic rings. The van der Waals surface area contributed by atoms with Crippen molar-refractivity contribution in [3.05, 3.63) is 0 Å². The highest BCUT2D eigenvalue weighted by molar-refractivity contribution is 5.85. The Bertz CT molecular complexity index is 254. The molecule has 1 rings (SSSR count). The lowest BCUT2D eigenvalue weighted by molar-refractivity contribution is -0.141. The van der Waals surface area contributed by atoms with Gasteiger partial charge in [0.05, 0.1) is 11.6 Å². The van der Waals surface area contributed by atoms with Crippen molar-refractivity contribution in [2.75, 3.05) is 26.7 Å². The molecule has 1 fully saturated rings. The summed E-state index contributed by atoms with van der Waals surface area (Å²) in [7, 11) is 1.83. The van der Waals surface area contributed by atoms with Crippen molar-refractivity contribution in [3.8, 4) is 0 Å². The Morgan fingerprint density at radius 1 is 1.53 bits per heavy atom. The third kappa shape index (κ3) is 3.96. The van der Waals surface area contributed by atoms with Crippen molar-refractivity contribution in [2.45, 2.75) is 51.7 Å². The monoisotopic (exact) mass is 242 g/mol. The van der Waals surface area contributed by atoms with Gasteiger partial charge >= 0.3 is 0 Å². The number of carbonyl (C=O) groups is 1. The topological polar surface area (TPSA) is 41.6 Å². The molecule has 17 heavy (non-hydrogen) atoms. The molecule has 1 heterocycles. The van der Waals surface area contributed by atoms with E-state index in [-0.39, 0.29) is 12.0 Å². The van der Waals surface area contributed by atoms with E-state index in [2.05, 4.69) is 12.2 Å². The van der Waals surface area contributed by atoms with Crippen LogP contribution in [0.4, 0.5) is 0 Å². The Morgan fingerprint density at radius 3 is 2.82 bits per heavy atom. The van der Waals surface area contributed by atoms with Gasteiger partial charge in [0.25, 0.3) is 0 Å². The van der Waals surface area contributed by atoms with Crippen molar-refractivity contribution in [2.24, 2.45) is 0 Å². The minimum Gasteiger partial charge on any atom is -0.376 e. The summed E-state index contributed by atoms with van der Waals surface area (Å²) in [6.07, 6.45) is 3.37. The summed E-state index contributed by atoms with van der Waals surface area (Å²) in [6.45, 7) is 8.34. The normalized spacial score (nSPS) is 21.6. The average Bonchev–Trinajstić information content (AvgIpc) is 2.35. The summed E-state index contributed by atoms with van der Waals surface area (Å²) in [6, 6.07) is 0. The molecule has 4 heteroatoms. The van der Waals surface area contributed by atoms with Crippen LogP contribution in [0.15, 0.2) is 0 Å². The highest BCUT2D eigenvalue weighted by Crippen LogP contribution is 2.17. The second kappa shape index (κ2) is 6.36. The number of piperidine rings is 1. The van der Waals surface area contributed by atoms with Crippen LogP contribution in [0.25, 0.3) is 0 Å². The van der Waals surface area contributed by atoms with Crippen LogP contribution in [-0.4, -0.2) is 49.2 Å². The molecule has 1 N–H and O–H groups in total. The van der Waals surface area contributed by atoms with Crippen LogP contribution >= 0.6 is 0 Å². The van der Waals surface area contributed by atoms with Crippen LogP contribution in [-0.2, 0) is 9.53 Å². The second-order valence-corrected chi connectivity index (χ2v) is 5.26. The number of rotatable bonds is 5. The van der Waals surface area contributed by atoms with Crippen LogP contribution in [0.5, 0.6) is 0 Å². The van der Waals surface area contributed by atoms with Crippen molar-refractivity contribution >= 4 is 5.91 Å². The molecule has 1 unspecified atom stereocenters. The number of carbonyl (C=O) groups excluding carboxylic acids is 1. The zero-order valence-electron chi connectivity index (χ0n) is 11.6. The SMILES string of the molecule is CCCOC1CCCN(C(=O)C(C)(C)NC)C1.